The number of rotatable bonds is 4. The molecule has 1 aromatic heterocycles. The third-order valence-electron chi connectivity index (χ3n) is 3.10. The van der Waals surface area contributed by atoms with Crippen molar-refractivity contribution in [1.82, 2.24) is 4.57 Å². The van der Waals surface area contributed by atoms with E-state index in [9.17, 15) is 9.18 Å². The molecule has 1 amide bonds. The zero-order valence-corrected chi connectivity index (χ0v) is 13.0. The van der Waals surface area contributed by atoms with E-state index in [1.807, 2.05) is 24.6 Å². The van der Waals surface area contributed by atoms with E-state index in [1.165, 1.54) is 12.1 Å². The first-order valence-corrected chi connectivity index (χ1v) is 7.29. The molecule has 2 rings (SSSR count). The van der Waals surface area contributed by atoms with Gasteiger partial charge in [0.25, 0.3) is 5.91 Å². The van der Waals surface area contributed by atoms with E-state index in [-0.39, 0.29) is 11.7 Å². The molecule has 0 fully saturated rings. The third-order valence-corrected chi connectivity index (χ3v) is 3.54. The van der Waals surface area contributed by atoms with Crippen molar-refractivity contribution in [1.29, 1.82) is 0 Å². The van der Waals surface area contributed by atoms with Crippen LogP contribution in [0.1, 0.15) is 24.3 Å². The van der Waals surface area contributed by atoms with Crippen molar-refractivity contribution < 1.29 is 9.18 Å². The lowest BCUT2D eigenvalue weighted by molar-refractivity contribution is 0.0979. The maximum absolute atomic E-state index is 13.3. The van der Waals surface area contributed by atoms with Gasteiger partial charge in [0, 0.05) is 29.4 Å². The second kappa shape index (κ2) is 6.22. The lowest BCUT2D eigenvalue weighted by atomic mass is 10.2. The second-order valence-corrected chi connectivity index (χ2v) is 5.27. The minimum atomic E-state index is -0.346. The Kier molecular flexibility index (Phi) is 4.60. The van der Waals surface area contributed by atoms with Gasteiger partial charge in [-0.15, -0.1) is 0 Å². The Morgan fingerprint density at radius 2 is 2.10 bits per heavy atom. The predicted molar refractivity (Wildman–Crippen MR) is 81.6 cm³/mol. The van der Waals surface area contributed by atoms with Crippen molar-refractivity contribution in [2.24, 2.45) is 0 Å². The van der Waals surface area contributed by atoms with Crippen LogP contribution in [0.25, 0.3) is 0 Å². The molecule has 106 valence electrons. The van der Waals surface area contributed by atoms with E-state index in [2.05, 4.69) is 15.9 Å². The van der Waals surface area contributed by atoms with E-state index in [1.54, 1.807) is 23.1 Å². The van der Waals surface area contributed by atoms with Gasteiger partial charge >= 0.3 is 0 Å². The fourth-order valence-electron chi connectivity index (χ4n) is 2.14. The van der Waals surface area contributed by atoms with Gasteiger partial charge in [-0.25, -0.2) is 4.39 Å². The summed E-state index contributed by atoms with van der Waals surface area (Å²) in [6, 6.07) is 7.87. The van der Waals surface area contributed by atoms with Gasteiger partial charge in [-0.2, -0.15) is 0 Å². The van der Waals surface area contributed by atoms with Crippen molar-refractivity contribution in [2.45, 2.75) is 20.4 Å². The number of anilines is 1. The normalized spacial score (nSPS) is 10.6. The molecule has 0 unspecified atom stereocenters. The standard InChI is InChI=1S/C15H16BrFN2O/c1-3-18-10-11(16)8-14(18)15(20)19(4-2)13-7-5-6-12(17)9-13/h5-10H,3-4H2,1-2H3. The van der Waals surface area contributed by atoms with Crippen LogP contribution in [0.5, 0.6) is 0 Å². The van der Waals surface area contributed by atoms with Crippen LogP contribution in [0.4, 0.5) is 10.1 Å². The lowest BCUT2D eigenvalue weighted by Gasteiger charge is -2.21. The Morgan fingerprint density at radius 3 is 2.70 bits per heavy atom. The molecule has 3 nitrogen and oxygen atoms in total. The summed E-state index contributed by atoms with van der Waals surface area (Å²) >= 11 is 3.38. The van der Waals surface area contributed by atoms with E-state index in [0.717, 1.165) is 4.47 Å². The zero-order valence-electron chi connectivity index (χ0n) is 11.4. The van der Waals surface area contributed by atoms with Crippen molar-refractivity contribution in [2.75, 3.05) is 11.4 Å². The molecule has 0 bridgehead atoms. The molecule has 0 radical (unpaired) electrons. The van der Waals surface area contributed by atoms with Crippen molar-refractivity contribution in [3.63, 3.8) is 0 Å². The monoisotopic (exact) mass is 338 g/mol. The number of carbonyl (C=O) groups excluding carboxylic acids is 1. The van der Waals surface area contributed by atoms with Gasteiger partial charge < -0.3 is 9.47 Å². The molecule has 0 aliphatic carbocycles. The molecule has 2 aromatic rings. The summed E-state index contributed by atoms with van der Waals surface area (Å²) in [7, 11) is 0. The quantitative estimate of drug-likeness (QED) is 0.824. The van der Waals surface area contributed by atoms with Crippen LogP contribution in [0, 0.1) is 5.82 Å². The Labute approximate surface area is 126 Å². The summed E-state index contributed by atoms with van der Waals surface area (Å²) in [6.07, 6.45) is 1.87. The van der Waals surface area contributed by atoms with Crippen LogP contribution >= 0.6 is 15.9 Å². The first kappa shape index (κ1) is 14.8. The lowest BCUT2D eigenvalue weighted by Crippen LogP contribution is -2.32. The van der Waals surface area contributed by atoms with Crippen LogP contribution in [0.3, 0.4) is 0 Å². The number of nitrogens with zero attached hydrogens (tertiary/aromatic N) is 2. The maximum atomic E-state index is 13.3. The van der Waals surface area contributed by atoms with Gasteiger partial charge in [0.1, 0.15) is 11.5 Å². The Balaban J connectivity index is 2.38. The fraction of sp³-hybridized carbons (Fsp3) is 0.267. The molecule has 0 saturated heterocycles. The number of hydrogen-bond acceptors (Lipinski definition) is 1. The second-order valence-electron chi connectivity index (χ2n) is 4.36. The highest BCUT2D eigenvalue weighted by atomic mass is 79.9. The van der Waals surface area contributed by atoms with Gasteiger partial charge in [0.2, 0.25) is 0 Å². The number of carbonyl (C=O) groups is 1. The van der Waals surface area contributed by atoms with Crippen molar-refractivity contribution in [3.05, 3.63) is 52.5 Å². The van der Waals surface area contributed by atoms with E-state index in [4.69, 9.17) is 0 Å². The molecule has 20 heavy (non-hydrogen) atoms. The zero-order chi connectivity index (χ0) is 14.7. The number of amides is 1. The van der Waals surface area contributed by atoms with Gasteiger partial charge in [-0.3, -0.25) is 4.79 Å². The van der Waals surface area contributed by atoms with Crippen molar-refractivity contribution >= 4 is 27.5 Å². The summed E-state index contributed by atoms with van der Waals surface area (Å²) in [5.74, 6) is -0.480. The topological polar surface area (TPSA) is 25.2 Å². The molecular weight excluding hydrogens is 323 g/mol. The largest absolute Gasteiger partial charge is 0.343 e. The summed E-state index contributed by atoms with van der Waals surface area (Å²) in [4.78, 5) is 14.2. The van der Waals surface area contributed by atoms with Crippen molar-refractivity contribution in [3.8, 4) is 0 Å². The molecular formula is C15H16BrFN2O. The molecule has 0 aliphatic heterocycles. The highest BCUT2D eigenvalue weighted by Crippen LogP contribution is 2.21. The van der Waals surface area contributed by atoms with Crippen LogP contribution in [0.15, 0.2) is 41.0 Å². The van der Waals surface area contributed by atoms with E-state index in [0.29, 0.717) is 24.5 Å². The SMILES string of the molecule is CCN(C(=O)c1cc(Br)cn1CC)c1cccc(F)c1. The number of halogens is 2. The van der Waals surface area contributed by atoms with Gasteiger partial charge in [0.15, 0.2) is 0 Å². The minimum Gasteiger partial charge on any atom is -0.343 e. The van der Waals surface area contributed by atoms with E-state index >= 15 is 0 Å². The Morgan fingerprint density at radius 1 is 1.35 bits per heavy atom. The Bertz CT molecular complexity index is 624. The number of aromatic nitrogens is 1. The highest BCUT2D eigenvalue weighted by molar-refractivity contribution is 9.10. The molecule has 0 N–H and O–H groups in total. The first-order chi connectivity index (χ1) is 9.56. The maximum Gasteiger partial charge on any atom is 0.274 e. The number of hydrogen-bond donors (Lipinski definition) is 0. The molecule has 1 aromatic carbocycles. The molecule has 0 saturated carbocycles. The van der Waals surface area contributed by atoms with Crippen LogP contribution in [-0.2, 0) is 6.54 Å². The van der Waals surface area contributed by atoms with Gasteiger partial charge in [-0.1, -0.05) is 6.07 Å². The van der Waals surface area contributed by atoms with Crippen LogP contribution < -0.4 is 4.90 Å². The summed E-state index contributed by atoms with van der Waals surface area (Å²) in [5.41, 5.74) is 1.16. The number of aryl methyl sites for hydroxylation is 1. The molecule has 0 aliphatic rings. The minimum absolute atomic E-state index is 0.134. The molecule has 5 heteroatoms. The fourth-order valence-corrected chi connectivity index (χ4v) is 2.61. The number of benzene rings is 1. The van der Waals surface area contributed by atoms with Crippen LogP contribution in [0.2, 0.25) is 0 Å². The molecule has 0 atom stereocenters. The third kappa shape index (κ3) is 2.93. The summed E-state index contributed by atoms with van der Waals surface area (Å²) < 4.78 is 16.1. The van der Waals surface area contributed by atoms with Gasteiger partial charge in [0.05, 0.1) is 0 Å². The van der Waals surface area contributed by atoms with Gasteiger partial charge in [-0.05, 0) is 54.0 Å². The summed E-state index contributed by atoms with van der Waals surface area (Å²) in [5, 5.41) is 0. The average molecular weight is 339 g/mol. The summed E-state index contributed by atoms with van der Waals surface area (Å²) in [6.45, 7) is 5.03. The first-order valence-electron chi connectivity index (χ1n) is 6.50. The molecule has 0 spiro atoms. The predicted octanol–water partition coefficient (Wildman–Crippen LogP) is 4.08. The average Bonchev–Trinajstić information content (AvgIpc) is 2.81. The molecule has 1 heterocycles. The highest BCUT2D eigenvalue weighted by Gasteiger charge is 2.20. The Hall–Kier alpha value is -1.62. The smallest absolute Gasteiger partial charge is 0.274 e. The van der Waals surface area contributed by atoms with E-state index < -0.39 is 0 Å². The van der Waals surface area contributed by atoms with Crippen LogP contribution in [-0.4, -0.2) is 17.0 Å².